The van der Waals surface area contributed by atoms with Crippen molar-refractivity contribution >= 4 is 34.2 Å². The number of Topliss-reactive ketones (excluding diaryl/α,β-unsaturated/α-hetero) is 2. The molecule has 0 bridgehead atoms. The molecule has 23 heavy (non-hydrogen) atoms. The molecule has 0 saturated heterocycles. The maximum Gasteiger partial charge on any atom is 0.178 e. The first kappa shape index (κ1) is 18.1. The Morgan fingerprint density at radius 1 is 0.913 bits per heavy atom. The summed E-state index contributed by atoms with van der Waals surface area (Å²) in [6.45, 7) is 4.07. The maximum atomic E-state index is 12.4. The van der Waals surface area contributed by atoms with Crippen molar-refractivity contribution in [2.45, 2.75) is 52.4 Å². The molecule has 0 fully saturated rings. The van der Waals surface area contributed by atoms with Gasteiger partial charge in [-0.1, -0.05) is 45.2 Å². The Labute approximate surface area is 146 Å². The van der Waals surface area contributed by atoms with Crippen LogP contribution in [0, 0.1) is 5.41 Å². The summed E-state index contributed by atoms with van der Waals surface area (Å²) in [6.07, 6.45) is 5.66. The molecule has 2 heterocycles. The SMILES string of the molecule is CC(C)(CCCCCCC(=O)c1cccs1)C(=O)c1cccs1. The molecule has 0 aliphatic carbocycles. The molecule has 4 heteroatoms. The Morgan fingerprint density at radius 2 is 1.52 bits per heavy atom. The zero-order valence-corrected chi connectivity index (χ0v) is 15.5. The van der Waals surface area contributed by atoms with Gasteiger partial charge in [-0.3, -0.25) is 9.59 Å². The molecule has 2 nitrogen and oxygen atoms in total. The molecular weight excluding hydrogens is 324 g/mol. The molecule has 0 saturated carbocycles. The highest BCUT2D eigenvalue weighted by atomic mass is 32.1. The van der Waals surface area contributed by atoms with Crippen molar-refractivity contribution in [2.75, 3.05) is 0 Å². The van der Waals surface area contributed by atoms with Crippen LogP contribution in [0.4, 0.5) is 0 Å². The minimum atomic E-state index is -0.294. The lowest BCUT2D eigenvalue weighted by molar-refractivity contribution is 0.0827. The van der Waals surface area contributed by atoms with Crippen LogP contribution in [0.25, 0.3) is 0 Å². The highest BCUT2D eigenvalue weighted by molar-refractivity contribution is 7.12. The van der Waals surface area contributed by atoms with Gasteiger partial charge >= 0.3 is 0 Å². The summed E-state index contributed by atoms with van der Waals surface area (Å²) < 4.78 is 0. The lowest BCUT2D eigenvalue weighted by atomic mass is 9.82. The molecule has 0 aliphatic rings. The van der Waals surface area contributed by atoms with Crippen LogP contribution < -0.4 is 0 Å². The number of thiophene rings is 2. The molecule has 2 aromatic heterocycles. The number of hydrogen-bond donors (Lipinski definition) is 0. The van der Waals surface area contributed by atoms with Crippen LogP contribution in [0.15, 0.2) is 35.0 Å². The molecule has 124 valence electrons. The van der Waals surface area contributed by atoms with Gasteiger partial charge in [0, 0.05) is 11.8 Å². The maximum absolute atomic E-state index is 12.4. The van der Waals surface area contributed by atoms with Crippen molar-refractivity contribution in [1.29, 1.82) is 0 Å². The first-order chi connectivity index (χ1) is 11.0. The van der Waals surface area contributed by atoms with E-state index in [-0.39, 0.29) is 17.0 Å². The number of ketones is 2. The van der Waals surface area contributed by atoms with Gasteiger partial charge in [-0.2, -0.15) is 0 Å². The van der Waals surface area contributed by atoms with Crippen molar-refractivity contribution in [1.82, 2.24) is 0 Å². The smallest absolute Gasteiger partial charge is 0.178 e. The molecule has 0 radical (unpaired) electrons. The average molecular weight is 349 g/mol. The van der Waals surface area contributed by atoms with E-state index in [9.17, 15) is 9.59 Å². The minimum Gasteiger partial charge on any atom is -0.293 e. The van der Waals surface area contributed by atoms with Gasteiger partial charge in [0.15, 0.2) is 11.6 Å². The number of unbranched alkanes of at least 4 members (excludes halogenated alkanes) is 3. The number of carbonyl (C=O) groups is 2. The summed E-state index contributed by atoms with van der Waals surface area (Å²) in [7, 11) is 0. The third-order valence-electron chi connectivity index (χ3n) is 4.11. The van der Waals surface area contributed by atoms with Gasteiger partial charge in [0.1, 0.15) is 0 Å². The Bertz CT molecular complexity index is 610. The Balaban J connectivity index is 1.63. The topological polar surface area (TPSA) is 34.1 Å². The third kappa shape index (κ3) is 5.40. The molecule has 0 amide bonds. The second-order valence-corrected chi connectivity index (χ2v) is 8.40. The molecule has 0 N–H and O–H groups in total. The summed E-state index contributed by atoms with van der Waals surface area (Å²) in [5, 5.41) is 3.90. The largest absolute Gasteiger partial charge is 0.293 e. The number of hydrogen-bond acceptors (Lipinski definition) is 4. The van der Waals surface area contributed by atoms with E-state index in [1.807, 2.05) is 48.9 Å². The second-order valence-electron chi connectivity index (χ2n) is 6.51. The van der Waals surface area contributed by atoms with Gasteiger partial charge in [0.25, 0.3) is 0 Å². The fraction of sp³-hybridized carbons (Fsp3) is 0.474. The van der Waals surface area contributed by atoms with Crippen LogP contribution in [-0.4, -0.2) is 11.6 Å². The van der Waals surface area contributed by atoms with Crippen molar-refractivity contribution in [3.8, 4) is 0 Å². The minimum absolute atomic E-state index is 0.250. The Kier molecular flexibility index (Phi) is 6.72. The highest BCUT2D eigenvalue weighted by Gasteiger charge is 2.28. The van der Waals surface area contributed by atoms with Crippen LogP contribution in [0.5, 0.6) is 0 Å². The van der Waals surface area contributed by atoms with Gasteiger partial charge < -0.3 is 0 Å². The zero-order valence-electron chi connectivity index (χ0n) is 13.8. The Morgan fingerprint density at radius 3 is 2.13 bits per heavy atom. The van der Waals surface area contributed by atoms with E-state index in [1.54, 1.807) is 0 Å². The molecule has 0 aromatic carbocycles. The molecule has 0 atom stereocenters. The van der Waals surface area contributed by atoms with E-state index >= 15 is 0 Å². The van der Waals surface area contributed by atoms with E-state index in [1.165, 1.54) is 22.7 Å². The summed E-state index contributed by atoms with van der Waals surface area (Å²) in [5.41, 5.74) is -0.294. The van der Waals surface area contributed by atoms with Crippen LogP contribution in [0.2, 0.25) is 0 Å². The lowest BCUT2D eigenvalue weighted by Crippen LogP contribution is -2.23. The second kappa shape index (κ2) is 8.55. The summed E-state index contributed by atoms with van der Waals surface area (Å²) >= 11 is 3.04. The van der Waals surface area contributed by atoms with E-state index in [2.05, 4.69) is 0 Å². The van der Waals surface area contributed by atoms with Crippen molar-refractivity contribution in [2.24, 2.45) is 5.41 Å². The van der Waals surface area contributed by atoms with E-state index < -0.39 is 0 Å². The van der Waals surface area contributed by atoms with Crippen LogP contribution in [0.3, 0.4) is 0 Å². The van der Waals surface area contributed by atoms with Gasteiger partial charge in [-0.15, -0.1) is 22.7 Å². The van der Waals surface area contributed by atoms with Crippen LogP contribution in [-0.2, 0) is 0 Å². The van der Waals surface area contributed by atoms with Crippen LogP contribution in [0.1, 0.15) is 71.7 Å². The highest BCUT2D eigenvalue weighted by Crippen LogP contribution is 2.30. The van der Waals surface area contributed by atoms with Crippen molar-refractivity contribution < 1.29 is 9.59 Å². The summed E-state index contributed by atoms with van der Waals surface area (Å²) in [5.74, 6) is 0.508. The number of carbonyl (C=O) groups excluding carboxylic acids is 2. The van der Waals surface area contributed by atoms with Gasteiger partial charge in [-0.05, 0) is 35.7 Å². The zero-order chi connectivity index (χ0) is 16.7. The number of rotatable bonds is 10. The fourth-order valence-corrected chi connectivity index (χ4v) is 4.16. The lowest BCUT2D eigenvalue weighted by Gasteiger charge is -2.22. The van der Waals surface area contributed by atoms with E-state index in [0.717, 1.165) is 41.9 Å². The molecule has 0 aliphatic heterocycles. The molecular formula is C19H24O2S2. The molecule has 0 spiro atoms. The Hall–Kier alpha value is -1.26. The predicted molar refractivity (Wildman–Crippen MR) is 98.8 cm³/mol. The summed E-state index contributed by atoms with van der Waals surface area (Å²) in [4.78, 5) is 26.0. The summed E-state index contributed by atoms with van der Waals surface area (Å²) in [6, 6.07) is 7.65. The average Bonchev–Trinajstić information content (AvgIpc) is 3.22. The predicted octanol–water partition coefficient (Wildman–Crippen LogP) is 6.24. The van der Waals surface area contributed by atoms with Crippen molar-refractivity contribution in [3.05, 3.63) is 44.8 Å². The molecule has 2 rings (SSSR count). The standard InChI is InChI=1S/C19H24O2S2/c1-19(2,18(21)17-11-8-14-23-17)12-6-4-3-5-9-15(20)16-10-7-13-22-16/h7-8,10-11,13-14H,3-6,9,12H2,1-2H3. The molecule has 2 aromatic rings. The normalized spacial score (nSPS) is 11.6. The molecule has 0 unspecified atom stereocenters. The third-order valence-corrected chi connectivity index (χ3v) is 5.89. The van der Waals surface area contributed by atoms with Gasteiger partial charge in [-0.25, -0.2) is 0 Å². The van der Waals surface area contributed by atoms with Crippen molar-refractivity contribution in [3.63, 3.8) is 0 Å². The van der Waals surface area contributed by atoms with Gasteiger partial charge in [0.2, 0.25) is 0 Å². The van der Waals surface area contributed by atoms with Gasteiger partial charge in [0.05, 0.1) is 9.75 Å². The first-order valence-corrected chi connectivity index (χ1v) is 9.91. The fourth-order valence-electron chi connectivity index (χ4n) is 2.62. The van der Waals surface area contributed by atoms with E-state index in [4.69, 9.17) is 0 Å². The monoisotopic (exact) mass is 348 g/mol. The first-order valence-electron chi connectivity index (χ1n) is 8.16. The quantitative estimate of drug-likeness (QED) is 0.376. The van der Waals surface area contributed by atoms with Crippen LogP contribution >= 0.6 is 22.7 Å². The van der Waals surface area contributed by atoms with E-state index in [0.29, 0.717) is 6.42 Å².